The van der Waals surface area contributed by atoms with E-state index in [0.29, 0.717) is 25.3 Å². The first kappa shape index (κ1) is 16.0. The fourth-order valence-electron chi connectivity index (χ4n) is 1.50. The second kappa shape index (κ2) is 8.18. The highest BCUT2D eigenvalue weighted by Gasteiger charge is 2.10. The maximum Gasteiger partial charge on any atom is 0.262 e. The molecule has 5 nitrogen and oxygen atoms in total. The minimum atomic E-state index is -0.396. The van der Waals surface area contributed by atoms with E-state index in [4.69, 9.17) is 14.4 Å². The lowest BCUT2D eigenvalue weighted by Gasteiger charge is -2.07. The van der Waals surface area contributed by atoms with E-state index in [-0.39, 0.29) is 11.7 Å². The van der Waals surface area contributed by atoms with Gasteiger partial charge in [-0.2, -0.15) is 5.26 Å². The van der Waals surface area contributed by atoms with E-state index in [2.05, 4.69) is 5.32 Å². The van der Waals surface area contributed by atoms with Gasteiger partial charge in [-0.15, -0.1) is 0 Å². The van der Waals surface area contributed by atoms with Crippen molar-refractivity contribution >= 4 is 12.0 Å². The second-order valence-electron chi connectivity index (χ2n) is 4.67. The van der Waals surface area contributed by atoms with Crippen LogP contribution in [0.25, 0.3) is 6.08 Å². The molecule has 1 heterocycles. The highest BCUT2D eigenvalue weighted by Crippen LogP contribution is 2.13. The third-order valence-corrected chi connectivity index (χ3v) is 2.60. The molecule has 0 aromatic carbocycles. The zero-order valence-corrected chi connectivity index (χ0v) is 12.1. The zero-order valence-electron chi connectivity index (χ0n) is 12.1. The van der Waals surface area contributed by atoms with Crippen molar-refractivity contribution in [2.45, 2.75) is 33.3 Å². The smallest absolute Gasteiger partial charge is 0.262 e. The molecule has 0 aliphatic carbocycles. The number of furan rings is 1. The normalized spacial score (nSPS) is 11.4. The average Bonchev–Trinajstić information content (AvgIpc) is 2.80. The van der Waals surface area contributed by atoms with Crippen molar-refractivity contribution in [2.75, 3.05) is 13.2 Å². The molecule has 108 valence electrons. The van der Waals surface area contributed by atoms with Gasteiger partial charge in [-0.25, -0.2) is 0 Å². The van der Waals surface area contributed by atoms with Crippen LogP contribution < -0.4 is 5.32 Å². The van der Waals surface area contributed by atoms with Gasteiger partial charge in [0.1, 0.15) is 17.4 Å². The molecule has 1 aromatic rings. The Morgan fingerprint density at radius 1 is 1.60 bits per heavy atom. The van der Waals surface area contributed by atoms with Gasteiger partial charge < -0.3 is 14.5 Å². The van der Waals surface area contributed by atoms with Crippen LogP contribution in [-0.2, 0) is 9.53 Å². The van der Waals surface area contributed by atoms with Gasteiger partial charge in [0.25, 0.3) is 5.91 Å². The molecule has 1 amide bonds. The van der Waals surface area contributed by atoms with Crippen molar-refractivity contribution in [1.29, 1.82) is 5.26 Å². The van der Waals surface area contributed by atoms with Gasteiger partial charge in [-0.1, -0.05) is 0 Å². The van der Waals surface area contributed by atoms with Gasteiger partial charge in [0, 0.05) is 19.2 Å². The molecule has 20 heavy (non-hydrogen) atoms. The molecule has 5 heteroatoms. The van der Waals surface area contributed by atoms with E-state index in [9.17, 15) is 4.79 Å². The van der Waals surface area contributed by atoms with Crippen LogP contribution in [0.5, 0.6) is 0 Å². The highest BCUT2D eigenvalue weighted by molar-refractivity contribution is 6.01. The molecule has 0 fully saturated rings. The fraction of sp³-hybridized carbons (Fsp3) is 0.467. The number of rotatable bonds is 7. The van der Waals surface area contributed by atoms with Gasteiger partial charge in [-0.05, 0) is 38.8 Å². The van der Waals surface area contributed by atoms with Crippen molar-refractivity contribution < 1.29 is 13.9 Å². The number of carbonyl (C=O) groups excluding carboxylic acids is 1. The van der Waals surface area contributed by atoms with Crippen LogP contribution in [-0.4, -0.2) is 25.2 Å². The number of nitrogens with one attached hydrogen (secondary N) is 1. The Bertz CT molecular complexity index is 509. The number of ether oxygens (including phenoxy) is 1. The first-order chi connectivity index (χ1) is 9.54. The zero-order chi connectivity index (χ0) is 15.0. The monoisotopic (exact) mass is 276 g/mol. The predicted octanol–water partition coefficient (Wildman–Crippen LogP) is 2.43. The lowest BCUT2D eigenvalue weighted by molar-refractivity contribution is -0.117. The molecular formula is C15H20N2O3. The lowest BCUT2D eigenvalue weighted by Crippen LogP contribution is -2.26. The van der Waals surface area contributed by atoms with Gasteiger partial charge >= 0.3 is 0 Å². The molecule has 0 spiro atoms. The largest absolute Gasteiger partial charge is 0.465 e. The molecule has 0 bridgehead atoms. The number of nitrogens with zero attached hydrogens (tertiary/aromatic N) is 1. The van der Waals surface area contributed by atoms with Crippen molar-refractivity contribution in [1.82, 2.24) is 5.32 Å². The van der Waals surface area contributed by atoms with Crippen molar-refractivity contribution in [3.63, 3.8) is 0 Å². The van der Waals surface area contributed by atoms with E-state index in [0.717, 1.165) is 5.56 Å². The van der Waals surface area contributed by atoms with Gasteiger partial charge in [0.2, 0.25) is 0 Å². The van der Waals surface area contributed by atoms with Crippen LogP contribution in [0.4, 0.5) is 0 Å². The summed E-state index contributed by atoms with van der Waals surface area (Å²) in [7, 11) is 0. The predicted molar refractivity (Wildman–Crippen MR) is 75.7 cm³/mol. The summed E-state index contributed by atoms with van der Waals surface area (Å²) in [6, 6.07) is 3.66. The Balaban J connectivity index is 2.47. The summed E-state index contributed by atoms with van der Waals surface area (Å²) in [4.78, 5) is 11.8. The quantitative estimate of drug-likeness (QED) is 0.471. The second-order valence-corrected chi connectivity index (χ2v) is 4.67. The Kier molecular flexibility index (Phi) is 6.54. The molecule has 1 aromatic heterocycles. The third-order valence-electron chi connectivity index (χ3n) is 2.60. The average molecular weight is 276 g/mol. The van der Waals surface area contributed by atoms with Crippen molar-refractivity contribution in [2.24, 2.45) is 0 Å². The SMILES string of the molecule is Cc1ccoc1C=C(C#N)C(=O)NCCCOC(C)C. The Labute approximate surface area is 119 Å². The van der Waals surface area contributed by atoms with Gasteiger partial charge in [0.05, 0.1) is 12.4 Å². The van der Waals surface area contributed by atoms with Gasteiger partial charge in [0.15, 0.2) is 0 Å². The maximum absolute atomic E-state index is 11.8. The fourth-order valence-corrected chi connectivity index (χ4v) is 1.50. The third kappa shape index (κ3) is 5.29. The molecule has 0 unspecified atom stereocenters. The molecule has 0 aliphatic rings. The Morgan fingerprint density at radius 3 is 2.90 bits per heavy atom. The summed E-state index contributed by atoms with van der Waals surface area (Å²) in [6.45, 7) is 6.83. The minimum Gasteiger partial charge on any atom is -0.465 e. The molecule has 0 saturated heterocycles. The van der Waals surface area contributed by atoms with Gasteiger partial charge in [-0.3, -0.25) is 4.79 Å². The molecule has 0 saturated carbocycles. The van der Waals surface area contributed by atoms with E-state index < -0.39 is 5.91 Å². The number of hydrogen-bond acceptors (Lipinski definition) is 4. The number of amides is 1. The highest BCUT2D eigenvalue weighted by atomic mass is 16.5. The van der Waals surface area contributed by atoms with Crippen LogP contribution in [0.2, 0.25) is 0 Å². The summed E-state index contributed by atoms with van der Waals surface area (Å²) in [5.74, 6) is 0.132. The van der Waals surface area contributed by atoms with E-state index in [1.165, 1.54) is 12.3 Å². The topological polar surface area (TPSA) is 75.3 Å². The maximum atomic E-state index is 11.8. The summed E-state index contributed by atoms with van der Waals surface area (Å²) >= 11 is 0. The van der Waals surface area contributed by atoms with Crippen LogP contribution in [0.3, 0.4) is 0 Å². The number of hydrogen-bond donors (Lipinski definition) is 1. The first-order valence-corrected chi connectivity index (χ1v) is 6.60. The summed E-state index contributed by atoms with van der Waals surface area (Å²) in [6.07, 6.45) is 3.87. The van der Waals surface area contributed by atoms with Crippen molar-refractivity contribution in [3.05, 3.63) is 29.2 Å². The van der Waals surface area contributed by atoms with E-state index in [1.807, 2.05) is 26.8 Å². The summed E-state index contributed by atoms with van der Waals surface area (Å²) < 4.78 is 10.6. The van der Waals surface area contributed by atoms with Crippen LogP contribution in [0.15, 0.2) is 22.3 Å². The molecule has 1 rings (SSSR count). The standard InChI is InChI=1S/C15H20N2O3/c1-11(2)19-7-4-6-17-15(18)13(10-16)9-14-12(3)5-8-20-14/h5,8-9,11H,4,6-7H2,1-3H3,(H,17,18). The van der Waals surface area contributed by atoms with E-state index >= 15 is 0 Å². The lowest BCUT2D eigenvalue weighted by atomic mass is 10.2. The van der Waals surface area contributed by atoms with Crippen molar-refractivity contribution in [3.8, 4) is 6.07 Å². The molecule has 0 atom stereocenters. The molecule has 1 N–H and O–H groups in total. The van der Waals surface area contributed by atoms with Crippen LogP contribution in [0.1, 0.15) is 31.6 Å². The minimum absolute atomic E-state index is 0.0350. The molecule has 0 radical (unpaired) electrons. The van der Waals surface area contributed by atoms with Crippen LogP contribution in [0, 0.1) is 18.3 Å². The summed E-state index contributed by atoms with van der Waals surface area (Å²) in [5, 5.41) is 11.7. The number of nitriles is 1. The molecular weight excluding hydrogens is 256 g/mol. The van der Waals surface area contributed by atoms with E-state index in [1.54, 1.807) is 6.07 Å². The Morgan fingerprint density at radius 2 is 2.35 bits per heavy atom. The first-order valence-electron chi connectivity index (χ1n) is 6.60. The van der Waals surface area contributed by atoms with Crippen LogP contribution >= 0.6 is 0 Å². The number of carbonyl (C=O) groups is 1. The Hall–Kier alpha value is -2.06. The molecule has 0 aliphatic heterocycles. The summed E-state index contributed by atoms with van der Waals surface area (Å²) in [5.41, 5.74) is 0.920. The number of aryl methyl sites for hydroxylation is 1.